The van der Waals surface area contributed by atoms with E-state index in [1.54, 1.807) is 36.7 Å². The molecule has 0 bridgehead atoms. The van der Waals surface area contributed by atoms with E-state index in [-0.39, 0.29) is 12.3 Å². The summed E-state index contributed by atoms with van der Waals surface area (Å²) in [6.07, 6.45) is 3.05. The van der Waals surface area contributed by atoms with Gasteiger partial charge in [-0.05, 0) is 35.9 Å². The number of rotatable bonds is 7. The van der Waals surface area contributed by atoms with Crippen molar-refractivity contribution in [1.82, 2.24) is 10.3 Å². The molecule has 1 aromatic heterocycles. The van der Waals surface area contributed by atoms with Crippen LogP contribution in [0.3, 0.4) is 0 Å². The topological polar surface area (TPSA) is 80.3 Å². The number of para-hydroxylation sites is 3. The van der Waals surface area contributed by atoms with Gasteiger partial charge in [-0.3, -0.25) is 14.6 Å². The molecule has 27 heavy (non-hydrogen) atoms. The fourth-order valence-corrected chi connectivity index (χ4v) is 2.38. The molecule has 0 aliphatic heterocycles. The van der Waals surface area contributed by atoms with Crippen LogP contribution < -0.4 is 15.4 Å². The fraction of sp³-hybridized carbons (Fsp3) is 0.0952. The fourth-order valence-electron chi connectivity index (χ4n) is 2.38. The minimum absolute atomic E-state index is 0.278. The van der Waals surface area contributed by atoms with Gasteiger partial charge in [0.25, 0.3) is 0 Å². The molecule has 0 aliphatic carbocycles. The van der Waals surface area contributed by atoms with Gasteiger partial charge in [0.15, 0.2) is 5.75 Å². The molecule has 0 unspecified atom stereocenters. The Morgan fingerprint density at radius 3 is 2.44 bits per heavy atom. The number of nitrogens with one attached hydrogen (secondary N) is 2. The quantitative estimate of drug-likeness (QED) is 0.631. The van der Waals surface area contributed by atoms with Crippen LogP contribution in [0.4, 0.5) is 5.69 Å². The van der Waals surface area contributed by atoms with Gasteiger partial charge in [-0.1, -0.05) is 36.4 Å². The van der Waals surface area contributed by atoms with Gasteiger partial charge in [0, 0.05) is 18.9 Å². The normalized spacial score (nSPS) is 10.1. The lowest BCUT2D eigenvalue weighted by molar-refractivity contribution is -0.126. The Bertz CT molecular complexity index is 899. The molecule has 0 spiro atoms. The number of pyridine rings is 1. The van der Waals surface area contributed by atoms with Crippen molar-refractivity contribution >= 4 is 17.5 Å². The highest BCUT2D eigenvalue weighted by atomic mass is 16.5. The molecule has 136 valence electrons. The largest absolute Gasteiger partial charge is 0.455 e. The zero-order valence-corrected chi connectivity index (χ0v) is 14.6. The number of hydrogen-bond donors (Lipinski definition) is 2. The molecular weight excluding hydrogens is 342 g/mol. The molecule has 3 rings (SSSR count). The first-order chi connectivity index (χ1) is 13.2. The average Bonchev–Trinajstić information content (AvgIpc) is 2.69. The van der Waals surface area contributed by atoms with Crippen molar-refractivity contribution in [2.45, 2.75) is 13.0 Å². The number of amides is 2. The highest BCUT2D eigenvalue weighted by Crippen LogP contribution is 2.29. The summed E-state index contributed by atoms with van der Waals surface area (Å²) in [5.41, 5.74) is 1.37. The molecule has 6 nitrogen and oxygen atoms in total. The second-order valence-corrected chi connectivity index (χ2v) is 5.77. The molecule has 3 aromatic rings. The van der Waals surface area contributed by atoms with Crippen molar-refractivity contribution in [2.24, 2.45) is 0 Å². The third-order valence-electron chi connectivity index (χ3n) is 3.67. The third-order valence-corrected chi connectivity index (χ3v) is 3.67. The van der Waals surface area contributed by atoms with E-state index in [1.807, 2.05) is 42.5 Å². The van der Waals surface area contributed by atoms with Crippen LogP contribution in [0.15, 0.2) is 79.1 Å². The van der Waals surface area contributed by atoms with E-state index < -0.39 is 5.91 Å². The van der Waals surface area contributed by atoms with E-state index >= 15 is 0 Å². The van der Waals surface area contributed by atoms with E-state index in [0.29, 0.717) is 23.7 Å². The highest BCUT2D eigenvalue weighted by Gasteiger charge is 2.12. The van der Waals surface area contributed by atoms with E-state index in [9.17, 15) is 9.59 Å². The number of carbonyl (C=O) groups is 2. The zero-order valence-electron chi connectivity index (χ0n) is 14.6. The highest BCUT2D eigenvalue weighted by molar-refractivity contribution is 6.04. The van der Waals surface area contributed by atoms with Gasteiger partial charge in [0.1, 0.15) is 12.2 Å². The molecule has 0 fully saturated rings. The van der Waals surface area contributed by atoms with Gasteiger partial charge in [-0.25, -0.2) is 0 Å². The van der Waals surface area contributed by atoms with Gasteiger partial charge in [-0.2, -0.15) is 0 Å². The van der Waals surface area contributed by atoms with Crippen molar-refractivity contribution < 1.29 is 14.3 Å². The summed E-state index contributed by atoms with van der Waals surface area (Å²) in [4.78, 5) is 28.1. The van der Waals surface area contributed by atoms with Crippen molar-refractivity contribution in [1.29, 1.82) is 0 Å². The van der Waals surface area contributed by atoms with Crippen molar-refractivity contribution in [3.63, 3.8) is 0 Å². The summed E-state index contributed by atoms with van der Waals surface area (Å²) >= 11 is 0. The Morgan fingerprint density at radius 2 is 1.67 bits per heavy atom. The standard InChI is InChI=1S/C21H19N3O3/c25-20(23-15-16-7-6-12-22-14-16)13-21(26)24-18-10-4-5-11-19(18)27-17-8-2-1-3-9-17/h1-12,14H,13,15H2,(H,23,25)(H,24,26). The maximum absolute atomic E-state index is 12.2. The Hall–Kier alpha value is -3.67. The Labute approximate surface area is 157 Å². The number of hydrogen-bond acceptors (Lipinski definition) is 4. The summed E-state index contributed by atoms with van der Waals surface area (Å²) in [6, 6.07) is 20.0. The number of benzene rings is 2. The maximum Gasteiger partial charge on any atom is 0.233 e. The average molecular weight is 361 g/mol. The van der Waals surface area contributed by atoms with Crippen LogP contribution in [-0.2, 0) is 16.1 Å². The predicted molar refractivity (Wildman–Crippen MR) is 102 cm³/mol. The summed E-state index contributed by atoms with van der Waals surface area (Å²) in [5.74, 6) is 0.391. The van der Waals surface area contributed by atoms with E-state index in [2.05, 4.69) is 15.6 Å². The molecular formula is C21H19N3O3. The second kappa shape index (κ2) is 9.15. The van der Waals surface area contributed by atoms with Crippen LogP contribution in [0.25, 0.3) is 0 Å². The van der Waals surface area contributed by atoms with Gasteiger partial charge in [-0.15, -0.1) is 0 Å². The molecule has 0 radical (unpaired) electrons. The van der Waals surface area contributed by atoms with Crippen LogP contribution in [0.1, 0.15) is 12.0 Å². The first-order valence-electron chi connectivity index (χ1n) is 8.48. The van der Waals surface area contributed by atoms with E-state index in [1.165, 1.54) is 0 Å². The van der Waals surface area contributed by atoms with Crippen molar-refractivity contribution in [2.75, 3.05) is 5.32 Å². The van der Waals surface area contributed by atoms with Crippen LogP contribution in [0.2, 0.25) is 0 Å². The minimum atomic E-state index is -0.414. The van der Waals surface area contributed by atoms with Crippen LogP contribution in [0, 0.1) is 0 Å². The molecule has 0 saturated carbocycles. The molecule has 6 heteroatoms. The lowest BCUT2D eigenvalue weighted by atomic mass is 10.2. The summed E-state index contributed by atoms with van der Waals surface area (Å²) in [6.45, 7) is 0.327. The number of aromatic nitrogens is 1. The summed E-state index contributed by atoms with van der Waals surface area (Å²) in [5, 5.41) is 5.42. The van der Waals surface area contributed by atoms with E-state index in [0.717, 1.165) is 5.56 Å². The number of nitrogens with zero attached hydrogens (tertiary/aromatic N) is 1. The molecule has 2 N–H and O–H groups in total. The Morgan fingerprint density at radius 1 is 0.889 bits per heavy atom. The molecule has 0 saturated heterocycles. The summed E-state index contributed by atoms with van der Waals surface area (Å²) < 4.78 is 5.80. The SMILES string of the molecule is O=C(CC(=O)Nc1ccccc1Oc1ccccc1)NCc1cccnc1. The second-order valence-electron chi connectivity index (χ2n) is 5.77. The van der Waals surface area contributed by atoms with Crippen molar-refractivity contribution in [3.05, 3.63) is 84.7 Å². The molecule has 2 aromatic carbocycles. The smallest absolute Gasteiger partial charge is 0.233 e. The Balaban J connectivity index is 1.55. The summed E-state index contributed by atoms with van der Waals surface area (Å²) in [7, 11) is 0. The van der Waals surface area contributed by atoms with E-state index in [4.69, 9.17) is 4.74 Å². The maximum atomic E-state index is 12.2. The van der Waals surface area contributed by atoms with Gasteiger partial charge < -0.3 is 15.4 Å². The van der Waals surface area contributed by atoms with Crippen molar-refractivity contribution in [3.8, 4) is 11.5 Å². The third kappa shape index (κ3) is 5.67. The minimum Gasteiger partial charge on any atom is -0.455 e. The van der Waals surface area contributed by atoms with Crippen LogP contribution >= 0.6 is 0 Å². The lowest BCUT2D eigenvalue weighted by Gasteiger charge is -2.12. The lowest BCUT2D eigenvalue weighted by Crippen LogP contribution is -2.27. The monoisotopic (exact) mass is 361 g/mol. The molecule has 2 amide bonds. The number of anilines is 1. The number of carbonyl (C=O) groups excluding carboxylic acids is 2. The number of ether oxygens (including phenoxy) is 1. The first-order valence-corrected chi connectivity index (χ1v) is 8.48. The zero-order chi connectivity index (χ0) is 18.9. The van der Waals surface area contributed by atoms with Gasteiger partial charge in [0.05, 0.1) is 5.69 Å². The Kier molecular flexibility index (Phi) is 6.14. The first kappa shape index (κ1) is 18.1. The molecule has 1 heterocycles. The van der Waals surface area contributed by atoms with Crippen LogP contribution in [-0.4, -0.2) is 16.8 Å². The molecule has 0 aliphatic rings. The van der Waals surface area contributed by atoms with Gasteiger partial charge >= 0.3 is 0 Å². The van der Waals surface area contributed by atoms with Gasteiger partial charge in [0.2, 0.25) is 11.8 Å². The predicted octanol–water partition coefficient (Wildman–Crippen LogP) is 3.52. The van der Waals surface area contributed by atoms with Crippen LogP contribution in [0.5, 0.6) is 11.5 Å². The molecule has 0 atom stereocenters.